The highest BCUT2D eigenvalue weighted by molar-refractivity contribution is 7.09. The molecule has 1 heterocycles. The zero-order valence-corrected chi connectivity index (χ0v) is 11.3. The second-order valence-electron chi connectivity index (χ2n) is 3.88. The van der Waals surface area contributed by atoms with Gasteiger partial charge < -0.3 is 10.6 Å². The predicted octanol–water partition coefficient (Wildman–Crippen LogP) is 3.50. The molecule has 0 fully saturated rings. The van der Waals surface area contributed by atoms with E-state index in [-0.39, 0.29) is 0 Å². The van der Waals surface area contributed by atoms with E-state index in [0.717, 1.165) is 22.8 Å². The van der Waals surface area contributed by atoms with Gasteiger partial charge in [-0.15, -0.1) is 11.3 Å². The van der Waals surface area contributed by atoms with Gasteiger partial charge in [0.15, 0.2) is 0 Å². The zero-order valence-electron chi connectivity index (χ0n) is 9.69. The fourth-order valence-corrected chi connectivity index (χ4v) is 2.83. The van der Waals surface area contributed by atoms with Crippen molar-refractivity contribution in [1.29, 1.82) is 0 Å². The van der Waals surface area contributed by atoms with Crippen LogP contribution in [0.1, 0.15) is 10.4 Å². The molecule has 0 unspecified atom stereocenters. The molecule has 2 N–H and O–H groups in total. The molecule has 0 bridgehead atoms. The first kappa shape index (κ1) is 12.4. The molecule has 0 spiro atoms. The highest BCUT2D eigenvalue weighted by atomic mass is 35.5. The topological polar surface area (TPSA) is 29.3 Å². The molecular weight excluding hydrogens is 252 g/mol. The van der Waals surface area contributed by atoms with Gasteiger partial charge in [0, 0.05) is 34.7 Å². The summed E-state index contributed by atoms with van der Waals surface area (Å²) >= 11 is 7.91. The lowest BCUT2D eigenvalue weighted by molar-refractivity contribution is 0.918. The standard InChI is InChI=1S/C13H15ClN2S/c1-16(9-10-4-3-7-17-10)13-6-2-5-12(14)11(13)8-15/h2-7H,8-9,15H2,1H3. The summed E-state index contributed by atoms with van der Waals surface area (Å²) in [4.78, 5) is 3.51. The van der Waals surface area contributed by atoms with Crippen LogP contribution in [0.25, 0.3) is 0 Å². The van der Waals surface area contributed by atoms with Crippen LogP contribution < -0.4 is 10.6 Å². The van der Waals surface area contributed by atoms with Crippen molar-refractivity contribution in [3.63, 3.8) is 0 Å². The number of nitrogens with zero attached hydrogens (tertiary/aromatic N) is 1. The van der Waals surface area contributed by atoms with Gasteiger partial charge in [-0.25, -0.2) is 0 Å². The quantitative estimate of drug-likeness (QED) is 0.918. The van der Waals surface area contributed by atoms with E-state index >= 15 is 0 Å². The molecule has 2 rings (SSSR count). The first-order valence-corrected chi connectivity index (χ1v) is 6.69. The summed E-state index contributed by atoms with van der Waals surface area (Å²) in [5.41, 5.74) is 7.87. The van der Waals surface area contributed by atoms with Crippen LogP contribution in [-0.4, -0.2) is 7.05 Å². The SMILES string of the molecule is CN(Cc1cccs1)c1cccc(Cl)c1CN. The molecule has 0 saturated carbocycles. The number of nitrogens with two attached hydrogens (primary N) is 1. The average molecular weight is 267 g/mol. The Bertz CT molecular complexity index is 482. The average Bonchev–Trinajstić information content (AvgIpc) is 2.81. The molecule has 0 radical (unpaired) electrons. The highest BCUT2D eigenvalue weighted by Gasteiger charge is 2.10. The van der Waals surface area contributed by atoms with E-state index in [1.165, 1.54) is 4.88 Å². The number of thiophene rings is 1. The van der Waals surface area contributed by atoms with Gasteiger partial charge in [-0.1, -0.05) is 23.7 Å². The van der Waals surface area contributed by atoms with Gasteiger partial charge in [-0.3, -0.25) is 0 Å². The molecule has 0 aliphatic heterocycles. The fraction of sp³-hybridized carbons (Fsp3) is 0.231. The van der Waals surface area contributed by atoms with Crippen molar-refractivity contribution < 1.29 is 0 Å². The minimum atomic E-state index is 0.462. The Kier molecular flexibility index (Phi) is 4.05. The largest absolute Gasteiger partial charge is 0.369 e. The van der Waals surface area contributed by atoms with E-state index in [4.69, 9.17) is 17.3 Å². The van der Waals surface area contributed by atoms with E-state index in [9.17, 15) is 0 Å². The van der Waals surface area contributed by atoms with Gasteiger partial charge in [-0.2, -0.15) is 0 Å². The molecule has 0 saturated heterocycles. The van der Waals surface area contributed by atoms with E-state index in [2.05, 4.69) is 35.5 Å². The van der Waals surface area contributed by atoms with Crippen LogP contribution in [0.2, 0.25) is 5.02 Å². The molecule has 2 nitrogen and oxygen atoms in total. The monoisotopic (exact) mass is 266 g/mol. The first-order valence-electron chi connectivity index (χ1n) is 5.43. The molecule has 0 amide bonds. The van der Waals surface area contributed by atoms with Gasteiger partial charge in [0.2, 0.25) is 0 Å². The van der Waals surface area contributed by atoms with Crippen molar-refractivity contribution in [2.24, 2.45) is 5.73 Å². The number of anilines is 1. The Morgan fingerprint density at radius 3 is 2.76 bits per heavy atom. The maximum Gasteiger partial charge on any atom is 0.0519 e. The summed E-state index contributed by atoms with van der Waals surface area (Å²) in [5, 5.41) is 2.83. The summed E-state index contributed by atoms with van der Waals surface area (Å²) in [7, 11) is 2.06. The van der Waals surface area contributed by atoms with Gasteiger partial charge in [0.1, 0.15) is 0 Å². The van der Waals surface area contributed by atoms with Crippen molar-refractivity contribution >= 4 is 28.6 Å². The fourth-order valence-electron chi connectivity index (χ4n) is 1.83. The minimum absolute atomic E-state index is 0.462. The van der Waals surface area contributed by atoms with E-state index in [1.54, 1.807) is 11.3 Å². The summed E-state index contributed by atoms with van der Waals surface area (Å²) in [6.07, 6.45) is 0. The third-order valence-electron chi connectivity index (χ3n) is 2.68. The molecule has 1 aromatic carbocycles. The summed E-state index contributed by atoms with van der Waals surface area (Å²) in [6, 6.07) is 10.1. The van der Waals surface area contributed by atoms with Crippen molar-refractivity contribution in [3.8, 4) is 0 Å². The second-order valence-corrected chi connectivity index (χ2v) is 5.32. The number of benzene rings is 1. The number of halogens is 1. The Morgan fingerprint density at radius 1 is 1.29 bits per heavy atom. The van der Waals surface area contributed by atoms with Crippen LogP contribution in [0.5, 0.6) is 0 Å². The molecule has 0 aliphatic rings. The van der Waals surface area contributed by atoms with E-state index in [1.807, 2.05) is 12.1 Å². The number of hydrogen-bond donors (Lipinski definition) is 1. The minimum Gasteiger partial charge on any atom is -0.369 e. The van der Waals surface area contributed by atoms with Gasteiger partial charge >= 0.3 is 0 Å². The van der Waals surface area contributed by atoms with Crippen LogP contribution >= 0.6 is 22.9 Å². The molecule has 0 aliphatic carbocycles. The smallest absolute Gasteiger partial charge is 0.0519 e. The number of hydrogen-bond acceptors (Lipinski definition) is 3. The summed E-state index contributed by atoms with van der Waals surface area (Å²) in [6.45, 7) is 1.34. The normalized spacial score (nSPS) is 10.5. The highest BCUT2D eigenvalue weighted by Crippen LogP contribution is 2.27. The molecule has 4 heteroatoms. The molecule has 2 aromatic rings. The van der Waals surface area contributed by atoms with Crippen molar-refractivity contribution in [1.82, 2.24) is 0 Å². The van der Waals surface area contributed by atoms with Crippen LogP contribution in [0, 0.1) is 0 Å². The zero-order chi connectivity index (χ0) is 12.3. The lowest BCUT2D eigenvalue weighted by atomic mass is 10.1. The molecule has 90 valence electrons. The molecule has 1 aromatic heterocycles. The van der Waals surface area contributed by atoms with Crippen LogP contribution in [0.4, 0.5) is 5.69 Å². The third-order valence-corrected chi connectivity index (χ3v) is 3.90. The second kappa shape index (κ2) is 5.54. The van der Waals surface area contributed by atoms with Crippen molar-refractivity contribution in [2.75, 3.05) is 11.9 Å². The Labute approximate surface area is 111 Å². The third kappa shape index (κ3) is 2.80. The van der Waals surface area contributed by atoms with Crippen molar-refractivity contribution in [2.45, 2.75) is 13.1 Å². The molecular formula is C13H15ClN2S. The predicted molar refractivity (Wildman–Crippen MR) is 75.8 cm³/mol. The van der Waals surface area contributed by atoms with Crippen LogP contribution in [-0.2, 0) is 13.1 Å². The van der Waals surface area contributed by atoms with E-state index < -0.39 is 0 Å². The lowest BCUT2D eigenvalue weighted by Gasteiger charge is -2.22. The van der Waals surface area contributed by atoms with Crippen LogP contribution in [0.3, 0.4) is 0 Å². The van der Waals surface area contributed by atoms with Crippen LogP contribution in [0.15, 0.2) is 35.7 Å². The maximum atomic E-state index is 6.15. The summed E-state index contributed by atoms with van der Waals surface area (Å²) in [5.74, 6) is 0. The van der Waals surface area contributed by atoms with Crippen molar-refractivity contribution in [3.05, 3.63) is 51.2 Å². The number of rotatable bonds is 4. The molecule has 0 atom stereocenters. The Morgan fingerprint density at radius 2 is 2.12 bits per heavy atom. The first-order chi connectivity index (χ1) is 8.22. The maximum absolute atomic E-state index is 6.15. The van der Waals surface area contributed by atoms with Gasteiger partial charge in [-0.05, 0) is 23.6 Å². The van der Waals surface area contributed by atoms with E-state index in [0.29, 0.717) is 6.54 Å². The van der Waals surface area contributed by atoms with Gasteiger partial charge in [0.05, 0.1) is 6.54 Å². The Hall–Kier alpha value is -1.03. The Balaban J connectivity index is 2.24. The molecule has 17 heavy (non-hydrogen) atoms. The summed E-state index contributed by atoms with van der Waals surface area (Å²) < 4.78 is 0. The van der Waals surface area contributed by atoms with Gasteiger partial charge in [0.25, 0.3) is 0 Å². The lowest BCUT2D eigenvalue weighted by Crippen LogP contribution is -2.18.